The molecule has 1 aliphatic carbocycles. The van der Waals surface area contributed by atoms with Crippen molar-refractivity contribution in [1.29, 1.82) is 0 Å². The Morgan fingerprint density at radius 2 is 1.54 bits per heavy atom. The number of allylic oxidation sites excluding steroid dienone is 5. The van der Waals surface area contributed by atoms with Crippen LogP contribution in [0.15, 0.2) is 66.3 Å². The molecule has 3 rings (SSSR count). The number of hydrogen-bond acceptors (Lipinski definition) is 2. The number of carboxylic acid groups (broad SMARTS) is 1. The summed E-state index contributed by atoms with van der Waals surface area (Å²) in [5.41, 5.74) is 8.38. The van der Waals surface area contributed by atoms with Crippen molar-refractivity contribution in [2.75, 3.05) is 0 Å². The van der Waals surface area contributed by atoms with Crippen molar-refractivity contribution in [3.63, 3.8) is 0 Å². The van der Waals surface area contributed by atoms with Gasteiger partial charge in [-0.25, -0.2) is 4.79 Å². The first kappa shape index (κ1) is 28.5. The fourth-order valence-corrected chi connectivity index (χ4v) is 4.96. The summed E-state index contributed by atoms with van der Waals surface area (Å²) in [6.45, 7) is 20.4. The van der Waals surface area contributed by atoms with E-state index in [-0.39, 0.29) is 16.2 Å². The number of benzene rings is 2. The first-order chi connectivity index (χ1) is 17.1. The summed E-state index contributed by atoms with van der Waals surface area (Å²) in [4.78, 5) is 10.9. The Morgan fingerprint density at radius 3 is 2.08 bits per heavy atom. The Hall–Kier alpha value is -3.07. The van der Waals surface area contributed by atoms with Gasteiger partial charge in [0.25, 0.3) is 0 Å². The number of rotatable bonds is 7. The Balaban J connectivity index is 2.02. The molecule has 0 heterocycles. The van der Waals surface area contributed by atoms with E-state index in [1.165, 1.54) is 22.8 Å². The van der Waals surface area contributed by atoms with Crippen molar-refractivity contribution in [2.24, 2.45) is 0 Å². The zero-order valence-electron chi connectivity index (χ0n) is 24.2. The molecule has 0 saturated heterocycles. The quantitative estimate of drug-likeness (QED) is 0.305. The van der Waals surface area contributed by atoms with Crippen molar-refractivity contribution < 1.29 is 14.6 Å². The van der Waals surface area contributed by atoms with Gasteiger partial charge in [-0.1, -0.05) is 91.0 Å². The molecule has 0 aromatic heterocycles. The van der Waals surface area contributed by atoms with Gasteiger partial charge in [-0.05, 0) is 88.5 Å². The number of carbonyl (C=O) groups is 1. The highest BCUT2D eigenvalue weighted by Crippen LogP contribution is 2.48. The predicted molar refractivity (Wildman–Crippen MR) is 155 cm³/mol. The predicted octanol–water partition coefficient (Wildman–Crippen LogP) is 8.90. The maximum absolute atomic E-state index is 10.9. The SMILES string of the molecule is CC(C=CC=C(C)c1cc2c(cc1OCc1ccc(C(C)(C)C)cc1)C(C)(C)CCC2(C)C)=CC(=O)O. The fourth-order valence-electron chi connectivity index (χ4n) is 4.96. The fraction of sp³-hybridized carbons (Fsp3) is 0.441. The van der Waals surface area contributed by atoms with Gasteiger partial charge in [0.2, 0.25) is 0 Å². The van der Waals surface area contributed by atoms with Crippen LogP contribution in [-0.4, -0.2) is 11.1 Å². The molecule has 198 valence electrons. The van der Waals surface area contributed by atoms with E-state index in [1.807, 2.05) is 18.2 Å². The van der Waals surface area contributed by atoms with Gasteiger partial charge in [-0.3, -0.25) is 0 Å². The summed E-state index contributed by atoms with van der Waals surface area (Å²) in [5.74, 6) is -0.0435. The molecular weight excluding hydrogens is 456 g/mol. The van der Waals surface area contributed by atoms with Crippen molar-refractivity contribution >= 4 is 11.5 Å². The monoisotopic (exact) mass is 500 g/mol. The minimum atomic E-state index is -0.936. The molecule has 2 aromatic carbocycles. The van der Waals surface area contributed by atoms with Crippen LogP contribution in [-0.2, 0) is 27.6 Å². The van der Waals surface area contributed by atoms with Gasteiger partial charge < -0.3 is 9.84 Å². The van der Waals surface area contributed by atoms with E-state index in [2.05, 4.69) is 91.8 Å². The van der Waals surface area contributed by atoms with Gasteiger partial charge in [0.15, 0.2) is 0 Å². The van der Waals surface area contributed by atoms with Crippen LogP contribution in [0.1, 0.15) is 103 Å². The van der Waals surface area contributed by atoms with Crippen LogP contribution in [0.2, 0.25) is 0 Å². The highest BCUT2D eigenvalue weighted by molar-refractivity contribution is 5.81. The maximum atomic E-state index is 10.9. The van der Waals surface area contributed by atoms with E-state index in [1.54, 1.807) is 6.92 Å². The van der Waals surface area contributed by atoms with E-state index in [0.717, 1.165) is 35.3 Å². The van der Waals surface area contributed by atoms with Gasteiger partial charge in [0, 0.05) is 11.6 Å². The molecule has 3 nitrogen and oxygen atoms in total. The molecule has 37 heavy (non-hydrogen) atoms. The molecule has 0 bridgehead atoms. The lowest BCUT2D eigenvalue weighted by Gasteiger charge is -2.42. The molecule has 1 N–H and O–H groups in total. The average molecular weight is 501 g/mol. The summed E-state index contributed by atoms with van der Waals surface area (Å²) < 4.78 is 6.52. The van der Waals surface area contributed by atoms with E-state index < -0.39 is 5.97 Å². The molecule has 0 aliphatic heterocycles. The molecule has 1 aliphatic rings. The third-order valence-electron chi connectivity index (χ3n) is 7.65. The number of fused-ring (bicyclic) bond motifs is 1. The van der Waals surface area contributed by atoms with Gasteiger partial charge >= 0.3 is 5.97 Å². The molecule has 3 heteroatoms. The van der Waals surface area contributed by atoms with Crippen LogP contribution in [0.4, 0.5) is 0 Å². The largest absolute Gasteiger partial charge is 0.488 e. The summed E-state index contributed by atoms with van der Waals surface area (Å²) in [5, 5.41) is 8.98. The molecule has 0 unspecified atom stereocenters. The third kappa shape index (κ3) is 7.03. The second kappa shape index (κ2) is 10.7. The van der Waals surface area contributed by atoms with Crippen molar-refractivity contribution in [1.82, 2.24) is 0 Å². The van der Waals surface area contributed by atoms with E-state index in [9.17, 15) is 4.79 Å². The lowest BCUT2D eigenvalue weighted by Crippen LogP contribution is -2.34. The molecule has 2 aromatic rings. The average Bonchev–Trinajstić information content (AvgIpc) is 2.79. The number of aliphatic carboxylic acids is 1. The van der Waals surface area contributed by atoms with Gasteiger partial charge in [-0.2, -0.15) is 0 Å². The van der Waals surface area contributed by atoms with Crippen LogP contribution >= 0.6 is 0 Å². The Bertz CT molecular complexity index is 1230. The lowest BCUT2D eigenvalue weighted by atomic mass is 9.62. The van der Waals surface area contributed by atoms with Crippen molar-refractivity contribution in [3.8, 4) is 5.75 Å². The molecule has 0 radical (unpaired) electrons. The zero-order chi connectivity index (χ0) is 27.6. The van der Waals surface area contributed by atoms with E-state index >= 15 is 0 Å². The summed E-state index contributed by atoms with van der Waals surface area (Å²) in [6, 6.07) is 13.3. The molecule has 0 saturated carbocycles. The second-order valence-electron chi connectivity index (χ2n) is 12.8. The van der Waals surface area contributed by atoms with Crippen LogP contribution in [0.5, 0.6) is 5.75 Å². The second-order valence-corrected chi connectivity index (χ2v) is 12.8. The lowest BCUT2D eigenvalue weighted by molar-refractivity contribution is -0.131. The van der Waals surface area contributed by atoms with Crippen molar-refractivity contribution in [2.45, 2.75) is 98.0 Å². The highest BCUT2D eigenvalue weighted by atomic mass is 16.5. The summed E-state index contributed by atoms with van der Waals surface area (Å²) in [7, 11) is 0. The number of ether oxygens (including phenoxy) is 1. The minimum absolute atomic E-state index is 0.0894. The van der Waals surface area contributed by atoms with Crippen LogP contribution in [0.25, 0.3) is 5.57 Å². The van der Waals surface area contributed by atoms with Crippen LogP contribution in [0, 0.1) is 0 Å². The summed E-state index contributed by atoms with van der Waals surface area (Å²) >= 11 is 0. The van der Waals surface area contributed by atoms with Crippen LogP contribution < -0.4 is 4.74 Å². The molecule has 0 amide bonds. The topological polar surface area (TPSA) is 46.5 Å². The molecule has 0 atom stereocenters. The normalized spacial score (nSPS) is 17.5. The molecule has 0 fully saturated rings. The Labute approximate surface area is 224 Å². The molecular formula is C34H44O3. The van der Waals surface area contributed by atoms with E-state index in [4.69, 9.17) is 9.84 Å². The maximum Gasteiger partial charge on any atom is 0.328 e. The molecule has 0 spiro atoms. The van der Waals surface area contributed by atoms with E-state index in [0.29, 0.717) is 12.2 Å². The minimum Gasteiger partial charge on any atom is -0.488 e. The van der Waals surface area contributed by atoms with Gasteiger partial charge in [0.1, 0.15) is 12.4 Å². The third-order valence-corrected chi connectivity index (χ3v) is 7.65. The highest BCUT2D eigenvalue weighted by Gasteiger charge is 2.38. The Morgan fingerprint density at radius 1 is 0.973 bits per heavy atom. The standard InChI is InChI=1S/C34H44O3/c1-23(19-31(35)36)11-10-12-24(2)27-20-28-29(34(8,9)18-17-33(28,6)7)21-30(27)37-22-25-13-15-26(16-14-25)32(3,4)5/h10-16,19-21H,17-18,22H2,1-9H3,(H,35,36). The summed E-state index contributed by atoms with van der Waals surface area (Å²) in [6.07, 6.45) is 9.27. The number of hydrogen-bond donors (Lipinski definition) is 1. The first-order valence-corrected chi connectivity index (χ1v) is 13.3. The number of carboxylic acids is 1. The van der Waals surface area contributed by atoms with Crippen LogP contribution in [0.3, 0.4) is 0 Å². The van der Waals surface area contributed by atoms with Gasteiger partial charge in [-0.15, -0.1) is 0 Å². The zero-order valence-corrected chi connectivity index (χ0v) is 24.2. The first-order valence-electron chi connectivity index (χ1n) is 13.3. The Kier molecular flexibility index (Phi) is 8.27. The van der Waals surface area contributed by atoms with Gasteiger partial charge in [0.05, 0.1) is 0 Å². The smallest absolute Gasteiger partial charge is 0.328 e. The van der Waals surface area contributed by atoms with Crippen molar-refractivity contribution in [3.05, 3.63) is 94.1 Å².